The Morgan fingerprint density at radius 3 is 2.54 bits per heavy atom. The first kappa shape index (κ1) is 21.3. The summed E-state index contributed by atoms with van der Waals surface area (Å²) in [6.07, 6.45) is -5.59. The molecule has 0 radical (unpaired) electrons. The fourth-order valence-electron chi connectivity index (χ4n) is 4.15. The zero-order chi connectivity index (χ0) is 20.6. The molecule has 1 aromatic carbocycles. The van der Waals surface area contributed by atoms with E-state index >= 15 is 0 Å². The summed E-state index contributed by atoms with van der Waals surface area (Å²) in [4.78, 5) is 12.4. The molecule has 0 saturated carbocycles. The second-order valence-corrected chi connectivity index (χ2v) is 7.62. The molecule has 2 aliphatic rings. The maximum atomic E-state index is 12.4. The molecule has 6 atom stereocenters. The van der Waals surface area contributed by atoms with Crippen molar-refractivity contribution in [3.63, 3.8) is 0 Å². The minimum absolute atomic E-state index is 0.0686. The summed E-state index contributed by atoms with van der Waals surface area (Å²) in [5.74, 6) is 0.0361. The number of hydrogen-bond donors (Lipinski definition) is 5. The first-order valence-electron chi connectivity index (χ1n) is 9.51. The third-order valence-corrected chi connectivity index (χ3v) is 5.76. The number of carbonyl (C=O) groups is 1. The second-order valence-electron chi connectivity index (χ2n) is 7.62. The Morgan fingerprint density at radius 2 is 1.89 bits per heavy atom. The number of aliphatic hydroxyl groups excluding tert-OH is 5. The van der Waals surface area contributed by atoms with Crippen LogP contribution in [0.3, 0.4) is 0 Å². The maximum absolute atomic E-state index is 12.4. The fourth-order valence-corrected chi connectivity index (χ4v) is 4.15. The highest BCUT2D eigenvalue weighted by Crippen LogP contribution is 2.33. The molecule has 1 heterocycles. The van der Waals surface area contributed by atoms with E-state index in [1.165, 1.54) is 0 Å². The first-order valence-corrected chi connectivity index (χ1v) is 9.51. The largest absolute Gasteiger partial charge is 0.394 e. The van der Waals surface area contributed by atoms with Gasteiger partial charge in [-0.25, -0.2) is 0 Å². The lowest BCUT2D eigenvalue weighted by molar-refractivity contribution is -0.300. The van der Waals surface area contributed by atoms with Gasteiger partial charge < -0.3 is 35.0 Å². The molecular weight excluding hydrogens is 368 g/mol. The number of carbonyl (C=O) groups excluding carboxylic acids is 1. The van der Waals surface area contributed by atoms with Crippen molar-refractivity contribution in [1.29, 1.82) is 0 Å². The lowest BCUT2D eigenvalue weighted by Gasteiger charge is -2.39. The second kappa shape index (κ2) is 8.54. The van der Waals surface area contributed by atoms with Crippen molar-refractivity contribution in [1.82, 2.24) is 0 Å². The molecule has 0 aromatic heterocycles. The molecule has 3 rings (SSSR count). The van der Waals surface area contributed by atoms with E-state index in [0.29, 0.717) is 18.4 Å². The molecule has 8 nitrogen and oxygen atoms in total. The Bertz CT molecular complexity index is 731. The highest BCUT2D eigenvalue weighted by atomic mass is 16.7. The van der Waals surface area contributed by atoms with E-state index in [-0.39, 0.29) is 24.9 Å². The van der Waals surface area contributed by atoms with Crippen molar-refractivity contribution < 1.29 is 39.8 Å². The Hall–Kier alpha value is -1.39. The average Bonchev–Trinajstić information content (AvgIpc) is 2.97. The molecule has 1 aliphatic heterocycles. The molecule has 1 fully saturated rings. The number of benzene rings is 1. The van der Waals surface area contributed by atoms with Crippen molar-refractivity contribution in [2.45, 2.75) is 64.0 Å². The number of fused-ring (bicyclic) bond motifs is 1. The summed E-state index contributed by atoms with van der Waals surface area (Å²) < 4.78 is 10.9. The lowest BCUT2D eigenvalue weighted by atomic mass is 9.92. The summed E-state index contributed by atoms with van der Waals surface area (Å²) in [6, 6.07) is 1.87. The van der Waals surface area contributed by atoms with Gasteiger partial charge in [-0.05, 0) is 42.0 Å². The van der Waals surface area contributed by atoms with E-state index in [2.05, 4.69) is 0 Å². The van der Waals surface area contributed by atoms with Crippen LogP contribution in [0.2, 0.25) is 0 Å². The smallest absolute Gasteiger partial charge is 0.186 e. The zero-order valence-electron chi connectivity index (χ0n) is 16.0. The number of ether oxygens (including phenoxy) is 2. The van der Waals surface area contributed by atoms with E-state index < -0.39 is 37.3 Å². The van der Waals surface area contributed by atoms with Crippen molar-refractivity contribution in [2.24, 2.45) is 5.92 Å². The Labute approximate surface area is 163 Å². The molecule has 0 bridgehead atoms. The van der Waals surface area contributed by atoms with Crippen LogP contribution in [0.1, 0.15) is 39.5 Å². The summed E-state index contributed by atoms with van der Waals surface area (Å²) in [5, 5.41) is 48.7. The van der Waals surface area contributed by atoms with E-state index in [1.54, 1.807) is 0 Å². The highest BCUT2D eigenvalue weighted by Gasteiger charge is 2.44. The summed E-state index contributed by atoms with van der Waals surface area (Å²) in [5.41, 5.74) is 4.04. The van der Waals surface area contributed by atoms with Crippen LogP contribution in [0.5, 0.6) is 0 Å². The maximum Gasteiger partial charge on any atom is 0.186 e. The van der Waals surface area contributed by atoms with Gasteiger partial charge in [0.05, 0.1) is 19.8 Å². The molecule has 0 amide bonds. The predicted molar refractivity (Wildman–Crippen MR) is 97.7 cm³/mol. The molecule has 1 aromatic rings. The molecular formula is C20H28O8. The van der Waals surface area contributed by atoms with E-state index in [9.17, 15) is 30.3 Å². The number of hydrogen-bond acceptors (Lipinski definition) is 8. The van der Waals surface area contributed by atoms with Crippen LogP contribution in [-0.2, 0) is 28.9 Å². The number of aliphatic hydroxyl groups is 5. The van der Waals surface area contributed by atoms with Crippen LogP contribution >= 0.6 is 0 Å². The summed E-state index contributed by atoms with van der Waals surface area (Å²) in [7, 11) is 0. The topological polar surface area (TPSA) is 137 Å². The van der Waals surface area contributed by atoms with Gasteiger partial charge in [-0.2, -0.15) is 0 Å². The molecule has 28 heavy (non-hydrogen) atoms. The van der Waals surface area contributed by atoms with Crippen molar-refractivity contribution in [3.05, 3.63) is 33.9 Å². The van der Waals surface area contributed by atoms with Crippen LogP contribution in [0, 0.1) is 12.8 Å². The third-order valence-electron chi connectivity index (χ3n) is 5.76. The van der Waals surface area contributed by atoms with E-state index in [1.807, 2.05) is 19.9 Å². The highest BCUT2D eigenvalue weighted by molar-refractivity contribution is 6.03. The normalized spacial score (nSPS) is 32.6. The number of Topliss-reactive ketones (excluding diaryl/α,β-unsaturated/α-hetero) is 1. The van der Waals surface area contributed by atoms with Crippen LogP contribution in [-0.4, -0.2) is 75.2 Å². The van der Waals surface area contributed by atoms with Gasteiger partial charge in [-0.3, -0.25) is 4.79 Å². The molecule has 1 aliphatic carbocycles. The van der Waals surface area contributed by atoms with E-state index in [0.717, 1.165) is 22.3 Å². The van der Waals surface area contributed by atoms with E-state index in [4.69, 9.17) is 9.47 Å². The lowest BCUT2D eigenvalue weighted by Crippen LogP contribution is -2.59. The minimum Gasteiger partial charge on any atom is -0.394 e. The first-order chi connectivity index (χ1) is 13.3. The van der Waals surface area contributed by atoms with Gasteiger partial charge >= 0.3 is 0 Å². The molecule has 156 valence electrons. The van der Waals surface area contributed by atoms with Gasteiger partial charge in [-0.1, -0.05) is 13.0 Å². The van der Waals surface area contributed by atoms with Gasteiger partial charge in [0.15, 0.2) is 12.1 Å². The third kappa shape index (κ3) is 3.73. The van der Waals surface area contributed by atoms with Crippen LogP contribution in [0.4, 0.5) is 0 Å². The molecule has 0 spiro atoms. The number of ketones is 1. The van der Waals surface area contributed by atoms with Gasteiger partial charge in [0.25, 0.3) is 0 Å². The molecule has 1 saturated heterocycles. The predicted octanol–water partition coefficient (Wildman–Crippen LogP) is -0.779. The van der Waals surface area contributed by atoms with Gasteiger partial charge in [0, 0.05) is 11.5 Å². The monoisotopic (exact) mass is 396 g/mol. The quantitative estimate of drug-likeness (QED) is 0.422. The van der Waals surface area contributed by atoms with Crippen molar-refractivity contribution in [3.8, 4) is 0 Å². The molecule has 0 unspecified atom stereocenters. The molecule has 5 N–H and O–H groups in total. The van der Waals surface area contributed by atoms with Gasteiger partial charge in [0.1, 0.15) is 24.4 Å². The van der Waals surface area contributed by atoms with Crippen LogP contribution < -0.4 is 0 Å². The Morgan fingerprint density at radius 1 is 1.18 bits per heavy atom. The minimum atomic E-state index is -1.50. The standard InChI is InChI=1S/C20H28O8/c1-9-5-11-6-12(7-21)13(10(2)15(11)16(9)23)3-4-27-20-19(26)18(25)17(24)14(8-22)28-20/h6,9,14,17-22,24-26H,3-5,7-8H2,1-2H3/t9-,14+,17+,18-,19-,20+/m0/s1. The summed E-state index contributed by atoms with van der Waals surface area (Å²) >= 11 is 0. The van der Waals surface area contributed by atoms with Crippen molar-refractivity contribution >= 4 is 5.78 Å². The zero-order valence-corrected chi connectivity index (χ0v) is 16.0. The fraction of sp³-hybridized carbons (Fsp3) is 0.650. The summed E-state index contributed by atoms with van der Waals surface area (Å²) in [6.45, 7) is 3.16. The van der Waals surface area contributed by atoms with Crippen molar-refractivity contribution in [2.75, 3.05) is 13.2 Å². The van der Waals surface area contributed by atoms with Gasteiger partial charge in [-0.15, -0.1) is 0 Å². The Kier molecular flexibility index (Phi) is 6.51. The van der Waals surface area contributed by atoms with Crippen LogP contribution in [0.15, 0.2) is 6.07 Å². The molecule has 8 heteroatoms. The van der Waals surface area contributed by atoms with Crippen LogP contribution in [0.25, 0.3) is 0 Å². The SMILES string of the molecule is Cc1c(CCO[C@@H]2O[C@H](CO)[C@@H](O)[C@H](O)[C@@H]2O)c(CO)cc2c1C(=O)[C@@H](C)C2. The van der Waals surface area contributed by atoms with Gasteiger partial charge in [0.2, 0.25) is 0 Å². The average molecular weight is 396 g/mol. The Balaban J connectivity index is 1.72. The number of rotatable bonds is 6.